The molecule has 128 valence electrons. The molecule has 2 aromatic heterocycles. The monoisotopic (exact) mass is 486 g/mol. The van der Waals surface area contributed by atoms with E-state index in [1.807, 2.05) is 0 Å². The number of rotatable bonds is 10. The Balaban J connectivity index is 2.51. The molecule has 2 rings (SSSR count). The fraction of sp³-hybridized carbons (Fsp3) is 0.632. The average molecular weight is 486 g/mol. The summed E-state index contributed by atoms with van der Waals surface area (Å²) in [7, 11) is 0. The van der Waals surface area contributed by atoms with Crippen LogP contribution in [0, 0.1) is 0 Å². The van der Waals surface area contributed by atoms with E-state index in [1.54, 1.807) is 0 Å². The Labute approximate surface area is 154 Å². The van der Waals surface area contributed by atoms with Gasteiger partial charge in [0.15, 0.2) is 0 Å². The zero-order chi connectivity index (χ0) is 16.7. The second kappa shape index (κ2) is 9.45. The molecule has 0 atom stereocenters. The number of halogens is 1. The Morgan fingerprint density at radius 1 is 0.957 bits per heavy atom. The van der Waals surface area contributed by atoms with Crippen LogP contribution in [0.15, 0.2) is 29.0 Å². The first-order valence-corrected chi connectivity index (χ1v) is 17.6. The Bertz CT molecular complexity index is 587. The summed E-state index contributed by atoms with van der Waals surface area (Å²) in [6, 6.07) is 6.46. The molecule has 23 heavy (non-hydrogen) atoms. The first-order chi connectivity index (χ1) is 11.2. The van der Waals surface area contributed by atoms with Gasteiger partial charge in [-0.25, -0.2) is 0 Å². The Hall–Kier alpha value is -0.0313. The summed E-state index contributed by atoms with van der Waals surface area (Å²) < 4.78 is 9.33. The van der Waals surface area contributed by atoms with Crippen molar-refractivity contribution < 1.29 is 0 Å². The maximum absolute atomic E-state index is 5.09. The van der Waals surface area contributed by atoms with Crippen LogP contribution >= 0.6 is 15.9 Å². The van der Waals surface area contributed by atoms with E-state index < -0.39 is 18.4 Å². The molecule has 4 heteroatoms. The van der Waals surface area contributed by atoms with Gasteiger partial charge in [-0.2, -0.15) is 0 Å². The molecule has 0 spiro atoms. The molecule has 2 aromatic rings. The van der Waals surface area contributed by atoms with E-state index in [9.17, 15) is 0 Å². The predicted molar refractivity (Wildman–Crippen MR) is 107 cm³/mol. The van der Waals surface area contributed by atoms with Crippen molar-refractivity contribution >= 4 is 43.7 Å². The van der Waals surface area contributed by atoms with Gasteiger partial charge in [0.05, 0.1) is 0 Å². The van der Waals surface area contributed by atoms with Crippen LogP contribution in [0.5, 0.6) is 0 Å². The second-order valence-electron chi connectivity index (χ2n) is 6.77. The van der Waals surface area contributed by atoms with Crippen LogP contribution in [0.1, 0.15) is 59.3 Å². The first kappa shape index (κ1) is 19.3. The van der Waals surface area contributed by atoms with Gasteiger partial charge < -0.3 is 0 Å². The number of hydrogen-bond acceptors (Lipinski definition) is 1. The molecular weight excluding hydrogens is 455 g/mol. The van der Waals surface area contributed by atoms with Crippen molar-refractivity contribution in [3.8, 4) is 0 Å². The standard InChI is InChI=1S/C7H4BrN2.3C4H9.Sn/c8-7-6-3-1-2-4-10(6)5-9-7;3*1-3-4-2;/h1-4H;3*1,3-4H2,2H3;. The number of imidazole rings is 1. The number of unbranched alkanes of at least 4 members (excludes halogenated alkanes) is 3. The number of pyridine rings is 1. The minimum absolute atomic E-state index is 1.04. The summed E-state index contributed by atoms with van der Waals surface area (Å²) in [6.07, 6.45) is 10.3. The van der Waals surface area contributed by atoms with Crippen molar-refractivity contribution in [3.63, 3.8) is 0 Å². The fourth-order valence-electron chi connectivity index (χ4n) is 3.63. The SMILES string of the molecule is CCC[CH2][Sn]([CH2]CCC)([CH2]CCC)[c]1nc(Br)c2ccccn12. The second-order valence-corrected chi connectivity index (χ2v) is 20.4. The fourth-order valence-corrected chi connectivity index (χ4v) is 20.5. The van der Waals surface area contributed by atoms with Crippen LogP contribution in [0.4, 0.5) is 0 Å². The molecule has 0 bridgehead atoms. The van der Waals surface area contributed by atoms with E-state index in [4.69, 9.17) is 4.98 Å². The van der Waals surface area contributed by atoms with Gasteiger partial charge in [0, 0.05) is 0 Å². The maximum atomic E-state index is 5.09. The van der Waals surface area contributed by atoms with Crippen molar-refractivity contribution in [2.45, 2.75) is 72.6 Å². The minimum atomic E-state index is -2.47. The van der Waals surface area contributed by atoms with Crippen LogP contribution in [0.3, 0.4) is 0 Å². The first-order valence-electron chi connectivity index (χ1n) is 9.31. The van der Waals surface area contributed by atoms with E-state index in [0.717, 1.165) is 4.60 Å². The molecule has 0 aromatic carbocycles. The Kier molecular flexibility index (Phi) is 7.93. The molecule has 0 unspecified atom stereocenters. The topological polar surface area (TPSA) is 17.3 Å². The van der Waals surface area contributed by atoms with Crippen LogP contribution in [-0.4, -0.2) is 27.8 Å². The van der Waals surface area contributed by atoms with E-state index in [-0.39, 0.29) is 0 Å². The normalized spacial score (nSPS) is 12.2. The van der Waals surface area contributed by atoms with Crippen molar-refractivity contribution in [2.75, 3.05) is 0 Å². The molecule has 0 amide bonds. The Morgan fingerprint density at radius 2 is 1.52 bits per heavy atom. The van der Waals surface area contributed by atoms with Crippen molar-refractivity contribution in [3.05, 3.63) is 29.0 Å². The van der Waals surface area contributed by atoms with Crippen LogP contribution < -0.4 is 3.84 Å². The summed E-state index contributed by atoms with van der Waals surface area (Å²) in [4.78, 5) is 5.09. The molecular formula is C19H31BrN2Sn. The quantitative estimate of drug-likeness (QED) is 0.369. The molecule has 0 saturated carbocycles. The van der Waals surface area contributed by atoms with Crippen molar-refractivity contribution in [1.82, 2.24) is 9.38 Å². The number of hydrogen-bond donors (Lipinski definition) is 0. The Morgan fingerprint density at radius 3 is 2.04 bits per heavy atom. The summed E-state index contributed by atoms with van der Waals surface area (Å²) in [5.41, 5.74) is 1.24. The summed E-state index contributed by atoms with van der Waals surface area (Å²) in [5, 5.41) is 0. The number of aromatic nitrogens is 2. The van der Waals surface area contributed by atoms with Gasteiger partial charge in [-0.05, 0) is 0 Å². The van der Waals surface area contributed by atoms with Gasteiger partial charge in [-0.1, -0.05) is 0 Å². The third-order valence-electron chi connectivity index (χ3n) is 5.00. The number of fused-ring (bicyclic) bond motifs is 1. The van der Waals surface area contributed by atoms with Gasteiger partial charge in [0.2, 0.25) is 0 Å². The van der Waals surface area contributed by atoms with E-state index in [0.29, 0.717) is 0 Å². The van der Waals surface area contributed by atoms with Gasteiger partial charge in [-0.3, -0.25) is 0 Å². The predicted octanol–water partition coefficient (Wildman–Crippen LogP) is 6.15. The van der Waals surface area contributed by atoms with Crippen molar-refractivity contribution in [2.24, 2.45) is 0 Å². The number of nitrogens with zero attached hydrogens (tertiary/aromatic N) is 2. The van der Waals surface area contributed by atoms with E-state index in [2.05, 4.69) is 65.5 Å². The van der Waals surface area contributed by atoms with Gasteiger partial charge in [0.1, 0.15) is 0 Å². The van der Waals surface area contributed by atoms with Gasteiger partial charge in [0.25, 0.3) is 0 Å². The molecule has 0 aliphatic rings. The van der Waals surface area contributed by atoms with Gasteiger partial charge >= 0.3 is 155 Å². The zero-order valence-corrected chi connectivity index (χ0v) is 19.4. The molecule has 0 radical (unpaired) electrons. The molecule has 0 saturated heterocycles. The van der Waals surface area contributed by atoms with Crippen LogP contribution in [0.2, 0.25) is 13.3 Å². The van der Waals surface area contributed by atoms with Crippen LogP contribution in [-0.2, 0) is 0 Å². The molecule has 0 N–H and O–H groups in total. The molecule has 2 heterocycles. The molecule has 0 aliphatic carbocycles. The molecule has 0 aliphatic heterocycles. The zero-order valence-electron chi connectivity index (χ0n) is 14.9. The molecule has 2 nitrogen and oxygen atoms in total. The summed E-state index contributed by atoms with van der Waals surface area (Å²) >= 11 is 1.25. The summed E-state index contributed by atoms with van der Waals surface area (Å²) in [5.74, 6) is 0. The summed E-state index contributed by atoms with van der Waals surface area (Å²) in [6.45, 7) is 6.99. The van der Waals surface area contributed by atoms with E-state index in [1.165, 1.54) is 61.2 Å². The molecule has 0 fully saturated rings. The van der Waals surface area contributed by atoms with Crippen LogP contribution in [0.25, 0.3) is 5.52 Å². The van der Waals surface area contributed by atoms with Crippen molar-refractivity contribution in [1.29, 1.82) is 0 Å². The average Bonchev–Trinajstić information content (AvgIpc) is 2.93. The third kappa shape index (κ3) is 4.53. The van der Waals surface area contributed by atoms with E-state index >= 15 is 0 Å². The van der Waals surface area contributed by atoms with Gasteiger partial charge in [-0.15, -0.1) is 0 Å². The third-order valence-corrected chi connectivity index (χ3v) is 20.5.